The van der Waals surface area contributed by atoms with E-state index in [0.29, 0.717) is 0 Å². The molecular weight excluding hydrogens is 633 g/mol. The van der Waals surface area contributed by atoms with Gasteiger partial charge in [-0.15, -0.1) is 0 Å². The molecule has 8 bridgehead atoms. The summed E-state index contributed by atoms with van der Waals surface area (Å²) in [5, 5.41) is 4.88. The van der Waals surface area contributed by atoms with Crippen molar-refractivity contribution in [3.63, 3.8) is 0 Å². The van der Waals surface area contributed by atoms with E-state index in [9.17, 15) is 0 Å². The van der Waals surface area contributed by atoms with Gasteiger partial charge in [0.25, 0.3) is 0 Å². The quantitative estimate of drug-likeness (QED) is 0.113. The lowest BCUT2D eigenvalue weighted by Crippen LogP contribution is -2.20. The van der Waals surface area contributed by atoms with Crippen LogP contribution in [0.15, 0.2) is 60.7 Å². The SMILES string of the molecule is CCc1c2[nH]c(c1CC)C(c1ccccc1)=c1[nH]c(c(CC)c1CC)=C(c1ccccc1)c1[nH]c(c(CC)c1CC)C=c1[nH]c(c(CC)c1CC)=C2. The summed E-state index contributed by atoms with van der Waals surface area (Å²) in [6, 6.07) is 22.1. The minimum Gasteiger partial charge on any atom is -0.355 e. The summed E-state index contributed by atoms with van der Waals surface area (Å²) in [7, 11) is 0. The molecule has 0 radical (unpaired) electrons. The van der Waals surface area contributed by atoms with E-state index in [1.165, 1.54) is 111 Å². The second-order valence-corrected chi connectivity index (χ2v) is 14.1. The zero-order valence-corrected chi connectivity index (χ0v) is 32.6. The highest BCUT2D eigenvalue weighted by atomic mass is 14.8. The van der Waals surface area contributed by atoms with Gasteiger partial charge in [0, 0.05) is 33.2 Å². The predicted octanol–water partition coefficient (Wildman–Crippen LogP) is 7.96. The fourth-order valence-electron chi connectivity index (χ4n) is 9.24. The van der Waals surface area contributed by atoms with E-state index in [4.69, 9.17) is 0 Å². The van der Waals surface area contributed by atoms with E-state index in [0.717, 1.165) is 51.4 Å². The molecule has 0 aliphatic carbocycles. The number of hydrogen-bond acceptors (Lipinski definition) is 0. The highest BCUT2D eigenvalue weighted by Gasteiger charge is 2.25. The molecule has 7 rings (SSSR count). The average molecular weight is 689 g/mol. The molecule has 4 nitrogen and oxygen atoms in total. The van der Waals surface area contributed by atoms with Crippen LogP contribution in [0.1, 0.15) is 134 Å². The maximum Gasteiger partial charge on any atom is 0.0521 e. The first kappa shape index (κ1) is 35.4. The molecule has 0 saturated carbocycles. The Bertz CT molecular complexity index is 2300. The lowest BCUT2D eigenvalue weighted by Gasteiger charge is -2.11. The highest BCUT2D eigenvalue weighted by Crippen LogP contribution is 2.32. The van der Waals surface area contributed by atoms with Crippen LogP contribution in [0.5, 0.6) is 0 Å². The largest absolute Gasteiger partial charge is 0.355 e. The third kappa shape index (κ3) is 5.77. The lowest BCUT2D eigenvalue weighted by atomic mass is 9.92. The number of aromatic amines is 4. The van der Waals surface area contributed by atoms with E-state index in [1.807, 2.05) is 0 Å². The number of fused-ring (bicyclic) bond motifs is 8. The molecule has 0 spiro atoms. The molecule has 6 aromatic rings. The van der Waals surface area contributed by atoms with Crippen molar-refractivity contribution < 1.29 is 0 Å². The molecule has 52 heavy (non-hydrogen) atoms. The molecule has 0 saturated heterocycles. The Morgan fingerprint density at radius 3 is 1.02 bits per heavy atom. The van der Waals surface area contributed by atoms with Crippen molar-refractivity contribution in [3.05, 3.63) is 160 Å². The number of aromatic nitrogens is 4. The molecule has 1 aliphatic heterocycles. The van der Waals surface area contributed by atoms with Crippen LogP contribution in [0, 0.1) is 0 Å². The zero-order chi connectivity index (χ0) is 36.5. The average Bonchev–Trinajstić information content (AvgIpc) is 3.92. The second-order valence-electron chi connectivity index (χ2n) is 14.1. The fourth-order valence-corrected chi connectivity index (χ4v) is 9.24. The van der Waals surface area contributed by atoms with Crippen molar-refractivity contribution >= 4 is 23.3 Å². The van der Waals surface area contributed by atoms with E-state index < -0.39 is 0 Å². The van der Waals surface area contributed by atoms with Crippen LogP contribution in [0.25, 0.3) is 23.3 Å². The first-order valence-corrected chi connectivity index (χ1v) is 20.0. The first-order valence-electron chi connectivity index (χ1n) is 20.0. The van der Waals surface area contributed by atoms with Gasteiger partial charge in [-0.1, -0.05) is 116 Å². The summed E-state index contributed by atoms with van der Waals surface area (Å²) in [6.45, 7) is 18.5. The van der Waals surface area contributed by atoms with Crippen molar-refractivity contribution in [1.29, 1.82) is 0 Å². The Morgan fingerprint density at radius 1 is 0.346 bits per heavy atom. The van der Waals surface area contributed by atoms with Crippen molar-refractivity contribution in [2.24, 2.45) is 0 Å². The van der Waals surface area contributed by atoms with E-state index in [-0.39, 0.29) is 0 Å². The van der Waals surface area contributed by atoms with Gasteiger partial charge < -0.3 is 19.9 Å². The van der Waals surface area contributed by atoms with Crippen LogP contribution in [-0.2, 0) is 51.4 Å². The van der Waals surface area contributed by atoms with Crippen molar-refractivity contribution in [1.82, 2.24) is 19.9 Å². The zero-order valence-electron chi connectivity index (χ0n) is 32.6. The molecule has 4 N–H and O–H groups in total. The summed E-state index contributed by atoms with van der Waals surface area (Å²) in [5.41, 5.74) is 21.1. The van der Waals surface area contributed by atoms with Gasteiger partial charge in [0.1, 0.15) is 0 Å². The molecule has 0 unspecified atom stereocenters. The lowest BCUT2D eigenvalue weighted by molar-refractivity contribution is 1.03. The molecule has 5 heterocycles. The van der Waals surface area contributed by atoms with Gasteiger partial charge in [0.15, 0.2) is 0 Å². The summed E-state index contributed by atoms with van der Waals surface area (Å²) in [5.74, 6) is 0. The molecular formula is C48H56N4. The third-order valence-corrected chi connectivity index (χ3v) is 11.5. The number of H-pyrrole nitrogens is 4. The van der Waals surface area contributed by atoms with Gasteiger partial charge in [0.05, 0.1) is 22.1 Å². The van der Waals surface area contributed by atoms with Crippen molar-refractivity contribution in [2.45, 2.75) is 107 Å². The topological polar surface area (TPSA) is 63.2 Å². The second kappa shape index (κ2) is 14.9. The number of benzene rings is 2. The monoisotopic (exact) mass is 688 g/mol. The minimum absolute atomic E-state index is 0.935. The normalized spacial score (nSPS) is 12.7. The third-order valence-electron chi connectivity index (χ3n) is 11.5. The molecule has 4 heteroatoms. The molecule has 4 aromatic heterocycles. The van der Waals surface area contributed by atoms with Crippen LogP contribution in [0.2, 0.25) is 0 Å². The van der Waals surface area contributed by atoms with Crippen LogP contribution in [0.4, 0.5) is 0 Å². The summed E-state index contributed by atoms with van der Waals surface area (Å²) in [4.78, 5) is 16.3. The Kier molecular flexibility index (Phi) is 10.2. The molecule has 268 valence electrons. The molecule has 0 atom stereocenters. The molecule has 2 aromatic carbocycles. The van der Waals surface area contributed by atoms with Crippen molar-refractivity contribution in [3.8, 4) is 0 Å². The Hall–Kier alpha value is -4.96. The van der Waals surface area contributed by atoms with E-state index >= 15 is 0 Å². The Morgan fingerprint density at radius 2 is 0.692 bits per heavy atom. The van der Waals surface area contributed by atoms with Crippen LogP contribution in [0.3, 0.4) is 0 Å². The standard InChI is InChI=1S/C48H56N4/c1-9-31-32(10-2)40-28-42-34(12-4)36(14-6)46(51-42)44(30-25-21-18-22-26-30)48-38(16-8)37(15-7)47(52-48)43(29-23-19-17-20-24-29)45-35(13-5)33(11-3)41(50-45)27-39(31)49-40/h17-28,49-52H,9-16H2,1-8H3. The number of rotatable bonds is 10. The Balaban J connectivity index is 1.82. The summed E-state index contributed by atoms with van der Waals surface area (Å²) in [6.07, 6.45) is 12.5. The van der Waals surface area contributed by atoms with Gasteiger partial charge in [-0.25, -0.2) is 0 Å². The van der Waals surface area contributed by atoms with Gasteiger partial charge in [0.2, 0.25) is 0 Å². The highest BCUT2D eigenvalue weighted by molar-refractivity contribution is 5.84. The smallest absolute Gasteiger partial charge is 0.0521 e. The summed E-state index contributed by atoms with van der Waals surface area (Å²) >= 11 is 0. The van der Waals surface area contributed by atoms with Gasteiger partial charge in [-0.3, -0.25) is 0 Å². The van der Waals surface area contributed by atoms with Crippen LogP contribution < -0.4 is 21.4 Å². The maximum atomic E-state index is 4.20. The van der Waals surface area contributed by atoms with E-state index in [2.05, 4.69) is 148 Å². The van der Waals surface area contributed by atoms with Crippen LogP contribution in [-0.4, -0.2) is 19.9 Å². The van der Waals surface area contributed by atoms with Gasteiger partial charge in [-0.05, 0) is 119 Å². The number of nitrogens with one attached hydrogen (secondary N) is 4. The fraction of sp³-hybridized carbons (Fsp3) is 0.333. The first-order chi connectivity index (χ1) is 25.5. The van der Waals surface area contributed by atoms with Crippen LogP contribution >= 0.6 is 0 Å². The molecule has 1 aliphatic rings. The van der Waals surface area contributed by atoms with Gasteiger partial charge >= 0.3 is 0 Å². The number of hydrogen-bond donors (Lipinski definition) is 4. The van der Waals surface area contributed by atoms with E-state index in [1.54, 1.807) is 0 Å². The maximum absolute atomic E-state index is 4.20. The van der Waals surface area contributed by atoms with Crippen molar-refractivity contribution in [2.75, 3.05) is 0 Å². The minimum atomic E-state index is 0.935. The Labute approximate surface area is 309 Å². The molecule has 0 amide bonds. The predicted molar refractivity (Wildman–Crippen MR) is 220 cm³/mol. The molecule has 0 fully saturated rings. The van der Waals surface area contributed by atoms with Gasteiger partial charge in [-0.2, -0.15) is 0 Å². The summed E-state index contributed by atoms with van der Waals surface area (Å²) < 4.78 is 0.